The van der Waals surface area contributed by atoms with Crippen LogP contribution in [0.2, 0.25) is 10.0 Å². The average Bonchev–Trinajstić information content (AvgIpc) is 2.84. The first-order valence-electron chi connectivity index (χ1n) is 6.59. The number of carbonyl (C=O) groups is 2. The van der Waals surface area contributed by atoms with E-state index in [1.54, 1.807) is 11.0 Å². The second-order valence-electron chi connectivity index (χ2n) is 5.19. The lowest BCUT2D eigenvalue weighted by atomic mass is 9.99. The summed E-state index contributed by atoms with van der Waals surface area (Å²) in [6.45, 7) is 1.12. The van der Waals surface area contributed by atoms with Gasteiger partial charge >= 0.3 is 0 Å². The van der Waals surface area contributed by atoms with E-state index in [-0.39, 0.29) is 17.9 Å². The van der Waals surface area contributed by atoms with Gasteiger partial charge in [-0.2, -0.15) is 0 Å². The molecule has 0 bridgehead atoms. The number of fused-ring (bicyclic) bond motifs is 1. The van der Waals surface area contributed by atoms with Gasteiger partial charge in [-0.3, -0.25) is 9.59 Å². The molecule has 6 heteroatoms. The van der Waals surface area contributed by atoms with Gasteiger partial charge in [-0.05, 0) is 36.1 Å². The third kappa shape index (κ3) is 2.50. The fourth-order valence-corrected chi connectivity index (χ4v) is 3.39. The summed E-state index contributed by atoms with van der Waals surface area (Å²) in [6.07, 6.45) is 1.74. The molecule has 1 N–H and O–H groups in total. The van der Waals surface area contributed by atoms with E-state index in [1.165, 1.54) is 0 Å². The van der Waals surface area contributed by atoms with Crippen LogP contribution in [0.15, 0.2) is 12.1 Å². The molecule has 1 aromatic rings. The highest BCUT2D eigenvalue weighted by atomic mass is 35.5. The van der Waals surface area contributed by atoms with Gasteiger partial charge in [0.2, 0.25) is 11.8 Å². The van der Waals surface area contributed by atoms with Crippen LogP contribution in [0.25, 0.3) is 0 Å². The van der Waals surface area contributed by atoms with Gasteiger partial charge < -0.3 is 10.2 Å². The van der Waals surface area contributed by atoms with Gasteiger partial charge in [0.1, 0.15) is 6.04 Å². The molecule has 0 radical (unpaired) electrons. The quantitative estimate of drug-likeness (QED) is 0.864. The molecule has 2 heterocycles. The molecule has 0 aliphatic carbocycles. The van der Waals surface area contributed by atoms with Crippen molar-refractivity contribution >= 4 is 35.0 Å². The summed E-state index contributed by atoms with van der Waals surface area (Å²) in [5.41, 5.74) is 2.06. The molecule has 2 aliphatic heterocycles. The fourth-order valence-electron chi connectivity index (χ4n) is 2.79. The lowest BCUT2D eigenvalue weighted by Gasteiger charge is -2.31. The van der Waals surface area contributed by atoms with Crippen LogP contribution < -0.4 is 5.32 Å². The molecule has 106 valence electrons. The van der Waals surface area contributed by atoms with E-state index in [4.69, 9.17) is 23.2 Å². The number of nitrogens with one attached hydrogen (secondary N) is 1. The van der Waals surface area contributed by atoms with Crippen LogP contribution in [0.3, 0.4) is 0 Å². The summed E-state index contributed by atoms with van der Waals surface area (Å²) in [7, 11) is 0. The minimum atomic E-state index is -0.380. The maximum atomic E-state index is 12.4. The smallest absolute Gasteiger partial charge is 0.245 e. The number of nitrogens with zero attached hydrogens (tertiary/aromatic N) is 1. The summed E-state index contributed by atoms with van der Waals surface area (Å²) in [4.78, 5) is 25.4. The second-order valence-corrected chi connectivity index (χ2v) is 6.04. The largest absolute Gasteiger partial charge is 0.344 e. The van der Waals surface area contributed by atoms with Gasteiger partial charge in [0, 0.05) is 29.6 Å². The van der Waals surface area contributed by atoms with Crippen LogP contribution in [-0.4, -0.2) is 29.3 Å². The Balaban J connectivity index is 1.78. The van der Waals surface area contributed by atoms with Crippen LogP contribution >= 0.6 is 23.2 Å². The summed E-state index contributed by atoms with van der Waals surface area (Å²) >= 11 is 12.2. The number of hydrogen-bond acceptors (Lipinski definition) is 2. The van der Waals surface area contributed by atoms with Crippen molar-refractivity contribution in [3.63, 3.8) is 0 Å². The number of benzene rings is 1. The van der Waals surface area contributed by atoms with Crippen LogP contribution in [0.5, 0.6) is 0 Å². The number of hydrogen-bond donors (Lipinski definition) is 1. The molecule has 0 spiro atoms. The zero-order valence-corrected chi connectivity index (χ0v) is 12.3. The first-order valence-corrected chi connectivity index (χ1v) is 7.35. The number of rotatable bonds is 1. The van der Waals surface area contributed by atoms with E-state index in [1.807, 2.05) is 6.07 Å². The Kier molecular flexibility index (Phi) is 3.61. The Labute approximate surface area is 127 Å². The Bertz CT molecular complexity index is 589. The van der Waals surface area contributed by atoms with E-state index >= 15 is 0 Å². The highest BCUT2D eigenvalue weighted by molar-refractivity contribution is 6.35. The van der Waals surface area contributed by atoms with Crippen molar-refractivity contribution in [2.45, 2.75) is 31.8 Å². The van der Waals surface area contributed by atoms with Gasteiger partial charge in [0.25, 0.3) is 0 Å². The van der Waals surface area contributed by atoms with Gasteiger partial charge in [-0.25, -0.2) is 0 Å². The van der Waals surface area contributed by atoms with Gasteiger partial charge in [0.05, 0.1) is 0 Å². The highest BCUT2D eigenvalue weighted by Gasteiger charge is 2.32. The molecule has 2 amide bonds. The molecule has 0 unspecified atom stereocenters. The Hall–Kier alpha value is -1.26. The topological polar surface area (TPSA) is 49.4 Å². The minimum absolute atomic E-state index is 0.0208. The van der Waals surface area contributed by atoms with Gasteiger partial charge in [-0.15, -0.1) is 0 Å². The SMILES string of the molecule is O=C1CC[C@H](C(=O)N2CCc3cc(Cl)cc(Cl)c3C2)N1. The molecule has 0 aromatic heterocycles. The first kappa shape index (κ1) is 13.7. The summed E-state index contributed by atoms with van der Waals surface area (Å²) in [5.74, 6) is -0.0712. The van der Waals surface area contributed by atoms with Crippen molar-refractivity contribution in [3.8, 4) is 0 Å². The van der Waals surface area contributed by atoms with Gasteiger partial charge in [-0.1, -0.05) is 23.2 Å². The Morgan fingerprint density at radius 2 is 2.10 bits per heavy atom. The maximum Gasteiger partial charge on any atom is 0.245 e. The Morgan fingerprint density at radius 3 is 2.80 bits per heavy atom. The molecule has 20 heavy (non-hydrogen) atoms. The summed E-state index contributed by atoms with van der Waals surface area (Å²) in [6, 6.07) is 3.23. The normalized spacial score (nSPS) is 21.6. The first-order chi connectivity index (χ1) is 9.54. The molecule has 1 atom stereocenters. The second kappa shape index (κ2) is 5.26. The Morgan fingerprint density at radius 1 is 1.30 bits per heavy atom. The van der Waals surface area contributed by atoms with Crippen molar-refractivity contribution in [1.82, 2.24) is 10.2 Å². The molecular weight excluding hydrogens is 299 g/mol. The lowest BCUT2D eigenvalue weighted by Crippen LogP contribution is -2.46. The third-order valence-corrected chi connectivity index (χ3v) is 4.41. The average molecular weight is 313 g/mol. The van der Waals surface area contributed by atoms with Crippen molar-refractivity contribution in [2.24, 2.45) is 0 Å². The lowest BCUT2D eigenvalue weighted by molar-refractivity contribution is -0.135. The molecule has 0 saturated carbocycles. The third-order valence-electron chi connectivity index (χ3n) is 3.86. The zero-order valence-electron chi connectivity index (χ0n) is 10.8. The van der Waals surface area contributed by atoms with Crippen molar-refractivity contribution < 1.29 is 9.59 Å². The number of amides is 2. The predicted molar refractivity (Wildman–Crippen MR) is 76.7 cm³/mol. The highest BCUT2D eigenvalue weighted by Crippen LogP contribution is 2.30. The van der Waals surface area contributed by atoms with Crippen LogP contribution in [-0.2, 0) is 22.6 Å². The van der Waals surface area contributed by atoms with Crippen LogP contribution in [0, 0.1) is 0 Å². The fraction of sp³-hybridized carbons (Fsp3) is 0.429. The van der Waals surface area contributed by atoms with E-state index < -0.39 is 0 Å². The molecular formula is C14H14Cl2N2O2. The van der Waals surface area contributed by atoms with Crippen molar-refractivity contribution in [1.29, 1.82) is 0 Å². The number of halogens is 2. The zero-order chi connectivity index (χ0) is 14.3. The number of carbonyl (C=O) groups excluding carboxylic acids is 2. The van der Waals surface area contributed by atoms with Gasteiger partial charge in [0.15, 0.2) is 0 Å². The molecule has 1 fully saturated rings. The van der Waals surface area contributed by atoms with Crippen LogP contribution in [0.1, 0.15) is 24.0 Å². The van der Waals surface area contributed by atoms with E-state index in [0.29, 0.717) is 36.0 Å². The maximum absolute atomic E-state index is 12.4. The van der Waals surface area contributed by atoms with Crippen LogP contribution in [0.4, 0.5) is 0 Å². The molecule has 4 nitrogen and oxygen atoms in total. The summed E-state index contributed by atoms with van der Waals surface area (Å²) < 4.78 is 0. The van der Waals surface area contributed by atoms with Crippen molar-refractivity contribution in [2.75, 3.05) is 6.54 Å². The predicted octanol–water partition coefficient (Wildman–Crippen LogP) is 2.16. The van der Waals surface area contributed by atoms with Crippen molar-refractivity contribution in [3.05, 3.63) is 33.3 Å². The molecule has 2 aliphatic rings. The monoisotopic (exact) mass is 312 g/mol. The molecule has 1 aromatic carbocycles. The standard InChI is InChI=1S/C14H14Cl2N2O2/c15-9-5-8-3-4-18(7-10(8)11(16)6-9)14(20)12-1-2-13(19)17-12/h5-6,12H,1-4,7H2,(H,17,19)/t12-/m1/s1. The molecule has 3 rings (SSSR count). The molecule has 1 saturated heterocycles. The summed E-state index contributed by atoms with van der Waals surface area (Å²) in [5, 5.41) is 3.93. The van der Waals surface area contributed by atoms with E-state index in [9.17, 15) is 9.59 Å². The minimum Gasteiger partial charge on any atom is -0.344 e. The van der Waals surface area contributed by atoms with E-state index in [0.717, 1.165) is 17.5 Å². The van der Waals surface area contributed by atoms with E-state index in [2.05, 4.69) is 5.32 Å².